The largest absolute Gasteiger partial charge is 0.459 e. The Morgan fingerprint density at radius 2 is 2.05 bits per heavy atom. The van der Waals surface area contributed by atoms with Gasteiger partial charge in [-0.15, -0.1) is 0 Å². The average Bonchev–Trinajstić information content (AvgIpc) is 2.90. The summed E-state index contributed by atoms with van der Waals surface area (Å²) in [6.45, 7) is 2.29. The number of hydrogen-bond donors (Lipinski definition) is 1. The molecule has 0 saturated heterocycles. The van der Waals surface area contributed by atoms with Gasteiger partial charge in [0.2, 0.25) is 0 Å². The monoisotopic (exact) mass is 257 g/mol. The molecule has 3 rings (SSSR count). The zero-order chi connectivity index (χ0) is 13.2. The third-order valence-corrected chi connectivity index (χ3v) is 4.73. The Kier molecular flexibility index (Phi) is 3.61. The SMILES string of the molecule is CCC1CCCCC1C(N)c1cc2ccccc2o1. The summed E-state index contributed by atoms with van der Waals surface area (Å²) in [5.74, 6) is 2.31. The first-order valence-corrected chi connectivity index (χ1v) is 7.53. The highest BCUT2D eigenvalue weighted by molar-refractivity contribution is 5.77. The van der Waals surface area contributed by atoms with E-state index in [4.69, 9.17) is 10.2 Å². The smallest absolute Gasteiger partial charge is 0.134 e. The fraction of sp³-hybridized carbons (Fsp3) is 0.529. The van der Waals surface area contributed by atoms with Crippen LogP contribution in [0.3, 0.4) is 0 Å². The lowest BCUT2D eigenvalue weighted by Crippen LogP contribution is -2.30. The van der Waals surface area contributed by atoms with Crippen LogP contribution in [0.5, 0.6) is 0 Å². The molecule has 1 aliphatic rings. The van der Waals surface area contributed by atoms with Gasteiger partial charge in [0, 0.05) is 5.39 Å². The lowest BCUT2D eigenvalue weighted by Gasteiger charge is -2.34. The number of hydrogen-bond acceptors (Lipinski definition) is 2. The van der Waals surface area contributed by atoms with Crippen molar-refractivity contribution in [2.24, 2.45) is 17.6 Å². The van der Waals surface area contributed by atoms with Gasteiger partial charge in [-0.2, -0.15) is 0 Å². The molecule has 2 aromatic rings. The second kappa shape index (κ2) is 5.38. The summed E-state index contributed by atoms with van der Waals surface area (Å²) in [6.07, 6.45) is 6.49. The average molecular weight is 257 g/mol. The van der Waals surface area contributed by atoms with E-state index < -0.39 is 0 Å². The molecule has 1 aromatic carbocycles. The number of rotatable bonds is 3. The molecule has 1 aromatic heterocycles. The van der Waals surface area contributed by atoms with Crippen LogP contribution in [0.15, 0.2) is 34.7 Å². The van der Waals surface area contributed by atoms with Crippen LogP contribution in [0.2, 0.25) is 0 Å². The first-order chi connectivity index (χ1) is 9.29. The number of fused-ring (bicyclic) bond motifs is 1. The summed E-state index contributed by atoms with van der Waals surface area (Å²) in [5.41, 5.74) is 7.46. The molecule has 102 valence electrons. The molecular formula is C17H23NO. The van der Waals surface area contributed by atoms with Crippen LogP contribution in [0.1, 0.15) is 50.8 Å². The molecule has 1 saturated carbocycles. The summed E-state index contributed by atoms with van der Waals surface area (Å²) in [6, 6.07) is 10.3. The third-order valence-electron chi connectivity index (χ3n) is 4.73. The molecule has 0 aliphatic heterocycles. The van der Waals surface area contributed by atoms with Crippen LogP contribution in [0.4, 0.5) is 0 Å². The summed E-state index contributed by atoms with van der Waals surface area (Å²) in [5, 5.41) is 1.16. The normalized spacial score (nSPS) is 25.6. The second-order valence-electron chi connectivity index (χ2n) is 5.83. The molecule has 3 unspecified atom stereocenters. The van der Waals surface area contributed by atoms with E-state index >= 15 is 0 Å². The molecule has 0 bridgehead atoms. The quantitative estimate of drug-likeness (QED) is 0.869. The van der Waals surface area contributed by atoms with E-state index in [9.17, 15) is 0 Å². The van der Waals surface area contributed by atoms with Gasteiger partial charge in [0.15, 0.2) is 0 Å². The number of nitrogens with two attached hydrogens (primary N) is 1. The van der Waals surface area contributed by atoms with Crippen molar-refractivity contribution in [3.8, 4) is 0 Å². The maximum atomic E-state index is 6.51. The highest BCUT2D eigenvalue weighted by atomic mass is 16.3. The lowest BCUT2D eigenvalue weighted by atomic mass is 9.73. The van der Waals surface area contributed by atoms with Gasteiger partial charge in [0.05, 0.1) is 6.04 Å². The predicted octanol–water partition coefficient (Wildman–Crippen LogP) is 4.65. The number of benzene rings is 1. The van der Waals surface area contributed by atoms with Gasteiger partial charge < -0.3 is 10.2 Å². The second-order valence-corrected chi connectivity index (χ2v) is 5.83. The number of furan rings is 1. The van der Waals surface area contributed by atoms with Crippen LogP contribution in [-0.2, 0) is 0 Å². The first kappa shape index (κ1) is 12.7. The van der Waals surface area contributed by atoms with E-state index in [1.54, 1.807) is 0 Å². The van der Waals surface area contributed by atoms with Crippen LogP contribution in [0.25, 0.3) is 11.0 Å². The van der Waals surface area contributed by atoms with Crippen molar-refractivity contribution in [1.29, 1.82) is 0 Å². The Morgan fingerprint density at radius 1 is 1.26 bits per heavy atom. The molecule has 1 fully saturated rings. The highest BCUT2D eigenvalue weighted by Crippen LogP contribution is 2.40. The highest BCUT2D eigenvalue weighted by Gasteiger charge is 2.31. The van der Waals surface area contributed by atoms with Crippen molar-refractivity contribution < 1.29 is 4.42 Å². The molecule has 2 N–H and O–H groups in total. The molecule has 19 heavy (non-hydrogen) atoms. The van der Waals surface area contributed by atoms with Gasteiger partial charge in [-0.25, -0.2) is 0 Å². The lowest BCUT2D eigenvalue weighted by molar-refractivity contribution is 0.185. The van der Waals surface area contributed by atoms with E-state index in [-0.39, 0.29) is 6.04 Å². The van der Waals surface area contributed by atoms with Crippen molar-refractivity contribution in [3.63, 3.8) is 0 Å². The molecule has 0 amide bonds. The van der Waals surface area contributed by atoms with Crippen molar-refractivity contribution >= 4 is 11.0 Å². The van der Waals surface area contributed by atoms with Gasteiger partial charge >= 0.3 is 0 Å². The zero-order valence-electron chi connectivity index (χ0n) is 11.6. The number of para-hydroxylation sites is 1. The van der Waals surface area contributed by atoms with Crippen molar-refractivity contribution in [2.75, 3.05) is 0 Å². The van der Waals surface area contributed by atoms with Gasteiger partial charge in [-0.1, -0.05) is 50.8 Å². The van der Waals surface area contributed by atoms with E-state index in [2.05, 4.69) is 19.1 Å². The topological polar surface area (TPSA) is 39.2 Å². The molecule has 1 heterocycles. The molecule has 2 heteroatoms. The minimum absolute atomic E-state index is 0.0534. The molecule has 1 aliphatic carbocycles. The van der Waals surface area contributed by atoms with Crippen LogP contribution >= 0.6 is 0 Å². The summed E-state index contributed by atoms with van der Waals surface area (Å²) in [4.78, 5) is 0. The van der Waals surface area contributed by atoms with E-state index in [0.29, 0.717) is 5.92 Å². The summed E-state index contributed by atoms with van der Waals surface area (Å²) >= 11 is 0. The maximum Gasteiger partial charge on any atom is 0.134 e. The maximum absolute atomic E-state index is 6.51. The Hall–Kier alpha value is -1.28. The van der Waals surface area contributed by atoms with Gasteiger partial charge in [-0.05, 0) is 30.4 Å². The van der Waals surface area contributed by atoms with Crippen LogP contribution in [0, 0.1) is 11.8 Å². The molecule has 0 spiro atoms. The summed E-state index contributed by atoms with van der Waals surface area (Å²) < 4.78 is 5.95. The molecular weight excluding hydrogens is 234 g/mol. The minimum atomic E-state index is 0.0534. The molecule has 2 nitrogen and oxygen atoms in total. The summed E-state index contributed by atoms with van der Waals surface area (Å²) in [7, 11) is 0. The van der Waals surface area contributed by atoms with Crippen molar-refractivity contribution in [1.82, 2.24) is 0 Å². The van der Waals surface area contributed by atoms with Crippen LogP contribution < -0.4 is 5.73 Å². The Labute approximate surface area is 115 Å². The van der Waals surface area contributed by atoms with Crippen molar-refractivity contribution in [3.05, 3.63) is 36.1 Å². The standard InChI is InChI=1S/C17H23NO/c1-2-12-7-3-5-9-14(12)17(18)16-11-13-8-4-6-10-15(13)19-16/h4,6,8,10-12,14,17H,2-3,5,7,9,18H2,1H3. The fourth-order valence-electron chi connectivity index (χ4n) is 3.59. The van der Waals surface area contributed by atoms with E-state index in [1.807, 2.05) is 18.2 Å². The minimum Gasteiger partial charge on any atom is -0.459 e. The zero-order valence-corrected chi connectivity index (χ0v) is 11.6. The van der Waals surface area contributed by atoms with E-state index in [1.165, 1.54) is 32.1 Å². The molecule has 0 radical (unpaired) electrons. The Balaban J connectivity index is 1.87. The van der Waals surface area contributed by atoms with Crippen molar-refractivity contribution in [2.45, 2.75) is 45.1 Å². The Bertz CT molecular complexity index is 512. The first-order valence-electron chi connectivity index (χ1n) is 7.53. The fourth-order valence-corrected chi connectivity index (χ4v) is 3.59. The van der Waals surface area contributed by atoms with Gasteiger partial charge in [0.25, 0.3) is 0 Å². The van der Waals surface area contributed by atoms with Gasteiger partial charge in [0.1, 0.15) is 11.3 Å². The Morgan fingerprint density at radius 3 is 2.84 bits per heavy atom. The molecule has 3 atom stereocenters. The third kappa shape index (κ3) is 2.42. The van der Waals surface area contributed by atoms with Crippen LogP contribution in [-0.4, -0.2) is 0 Å². The van der Waals surface area contributed by atoms with E-state index in [0.717, 1.165) is 22.6 Å². The van der Waals surface area contributed by atoms with Gasteiger partial charge in [-0.3, -0.25) is 0 Å². The predicted molar refractivity (Wildman–Crippen MR) is 78.9 cm³/mol.